The van der Waals surface area contributed by atoms with E-state index in [1.165, 1.54) is 10.4 Å². The summed E-state index contributed by atoms with van der Waals surface area (Å²) in [5, 5.41) is 1.16. The lowest BCUT2D eigenvalue weighted by molar-refractivity contribution is 0.523. The second kappa shape index (κ2) is 4.51. The molecule has 0 fully saturated rings. The normalized spacial score (nSPS) is 13.1. The number of hydrogen-bond donors (Lipinski definition) is 1. The molecule has 2 heterocycles. The van der Waals surface area contributed by atoms with Crippen LogP contribution in [0.1, 0.15) is 32.7 Å². The van der Waals surface area contributed by atoms with E-state index in [2.05, 4.69) is 51.1 Å². The Kier molecular flexibility index (Phi) is 2.96. The number of rotatable bonds is 2. The summed E-state index contributed by atoms with van der Waals surface area (Å²) in [6.45, 7) is 6.24. The first-order chi connectivity index (χ1) is 9.06. The number of aryl methyl sites for hydroxylation is 3. The Morgan fingerprint density at radius 2 is 1.89 bits per heavy atom. The first-order valence-electron chi connectivity index (χ1n) is 6.38. The minimum Gasteiger partial charge on any atom is -0.459 e. The molecule has 0 saturated carbocycles. The molecular formula is C16H17NOS. The molecule has 0 saturated heterocycles. The lowest BCUT2D eigenvalue weighted by Gasteiger charge is -2.07. The lowest BCUT2D eigenvalue weighted by atomic mass is 10.1. The van der Waals surface area contributed by atoms with E-state index in [1.54, 1.807) is 11.3 Å². The molecule has 0 aliphatic carbocycles. The van der Waals surface area contributed by atoms with E-state index in [-0.39, 0.29) is 6.04 Å². The SMILES string of the molecule is Cc1ccc2c(C)c(C(N)c3ccc(C)s3)oc2c1. The van der Waals surface area contributed by atoms with E-state index >= 15 is 0 Å². The van der Waals surface area contributed by atoms with Crippen molar-refractivity contribution in [1.29, 1.82) is 0 Å². The zero-order valence-corrected chi connectivity index (χ0v) is 12.2. The van der Waals surface area contributed by atoms with Crippen LogP contribution >= 0.6 is 11.3 Å². The molecule has 19 heavy (non-hydrogen) atoms. The Hall–Kier alpha value is -1.58. The number of fused-ring (bicyclic) bond motifs is 1. The maximum absolute atomic E-state index is 6.35. The fraction of sp³-hybridized carbons (Fsp3) is 0.250. The van der Waals surface area contributed by atoms with Crippen LogP contribution in [0.2, 0.25) is 0 Å². The molecule has 0 aliphatic heterocycles. The largest absolute Gasteiger partial charge is 0.459 e. The summed E-state index contributed by atoms with van der Waals surface area (Å²) in [6.07, 6.45) is 0. The minimum absolute atomic E-state index is 0.175. The summed E-state index contributed by atoms with van der Waals surface area (Å²) in [4.78, 5) is 2.42. The molecule has 2 nitrogen and oxygen atoms in total. The molecule has 2 aromatic heterocycles. The summed E-state index contributed by atoms with van der Waals surface area (Å²) < 4.78 is 5.99. The molecule has 0 radical (unpaired) electrons. The number of furan rings is 1. The summed E-state index contributed by atoms with van der Waals surface area (Å²) in [5.41, 5.74) is 9.63. The molecule has 0 aliphatic rings. The number of hydrogen-bond acceptors (Lipinski definition) is 3. The Balaban J connectivity index is 2.12. The van der Waals surface area contributed by atoms with Crippen molar-refractivity contribution < 1.29 is 4.42 Å². The van der Waals surface area contributed by atoms with Crippen LogP contribution in [0.3, 0.4) is 0 Å². The highest BCUT2D eigenvalue weighted by atomic mass is 32.1. The third kappa shape index (κ3) is 2.09. The van der Waals surface area contributed by atoms with Crippen LogP contribution in [0.5, 0.6) is 0 Å². The van der Waals surface area contributed by atoms with Gasteiger partial charge in [0.15, 0.2) is 0 Å². The van der Waals surface area contributed by atoms with Gasteiger partial charge in [0.25, 0.3) is 0 Å². The topological polar surface area (TPSA) is 39.2 Å². The standard InChI is InChI=1S/C16H17NOS/c1-9-4-6-12-11(3)16(18-13(12)8-9)15(17)14-7-5-10(2)19-14/h4-8,15H,17H2,1-3H3. The van der Waals surface area contributed by atoms with Gasteiger partial charge in [0.2, 0.25) is 0 Å². The first-order valence-corrected chi connectivity index (χ1v) is 7.19. The Morgan fingerprint density at radius 3 is 2.58 bits per heavy atom. The Labute approximate surface area is 116 Å². The van der Waals surface area contributed by atoms with Crippen LogP contribution in [0.25, 0.3) is 11.0 Å². The van der Waals surface area contributed by atoms with Crippen LogP contribution in [0.4, 0.5) is 0 Å². The smallest absolute Gasteiger partial charge is 0.134 e. The fourth-order valence-electron chi connectivity index (χ4n) is 2.40. The van der Waals surface area contributed by atoms with Gasteiger partial charge in [-0.1, -0.05) is 12.1 Å². The maximum atomic E-state index is 6.35. The molecular weight excluding hydrogens is 254 g/mol. The first kappa shape index (κ1) is 12.5. The highest BCUT2D eigenvalue weighted by Crippen LogP contribution is 2.34. The van der Waals surface area contributed by atoms with E-state index in [9.17, 15) is 0 Å². The molecule has 1 atom stereocenters. The third-order valence-electron chi connectivity index (χ3n) is 3.48. The number of benzene rings is 1. The summed E-state index contributed by atoms with van der Waals surface area (Å²) in [5.74, 6) is 0.877. The van der Waals surface area contributed by atoms with Gasteiger partial charge in [-0.15, -0.1) is 11.3 Å². The van der Waals surface area contributed by atoms with Gasteiger partial charge in [0, 0.05) is 20.7 Å². The highest BCUT2D eigenvalue weighted by molar-refractivity contribution is 7.12. The quantitative estimate of drug-likeness (QED) is 0.747. The molecule has 3 rings (SSSR count). The van der Waals surface area contributed by atoms with Crippen LogP contribution in [0.15, 0.2) is 34.7 Å². The van der Waals surface area contributed by atoms with Crippen molar-refractivity contribution in [2.24, 2.45) is 5.73 Å². The van der Waals surface area contributed by atoms with Gasteiger partial charge in [-0.3, -0.25) is 0 Å². The fourth-order valence-corrected chi connectivity index (χ4v) is 3.28. The van der Waals surface area contributed by atoms with Crippen molar-refractivity contribution >= 4 is 22.3 Å². The van der Waals surface area contributed by atoms with E-state index in [0.29, 0.717) is 0 Å². The number of nitrogens with two attached hydrogens (primary N) is 1. The second-order valence-electron chi connectivity index (χ2n) is 5.02. The van der Waals surface area contributed by atoms with Crippen LogP contribution < -0.4 is 5.73 Å². The van der Waals surface area contributed by atoms with E-state index in [1.807, 2.05) is 0 Å². The minimum atomic E-state index is -0.175. The predicted molar refractivity (Wildman–Crippen MR) is 80.8 cm³/mol. The average Bonchev–Trinajstić information content (AvgIpc) is 2.93. The maximum Gasteiger partial charge on any atom is 0.134 e. The molecule has 0 bridgehead atoms. The molecule has 98 valence electrons. The van der Waals surface area contributed by atoms with Crippen molar-refractivity contribution in [1.82, 2.24) is 0 Å². The van der Waals surface area contributed by atoms with Crippen molar-refractivity contribution in [3.8, 4) is 0 Å². The monoisotopic (exact) mass is 271 g/mol. The van der Waals surface area contributed by atoms with Gasteiger partial charge in [0.1, 0.15) is 11.3 Å². The molecule has 3 aromatic rings. The van der Waals surface area contributed by atoms with Crippen molar-refractivity contribution in [3.63, 3.8) is 0 Å². The van der Waals surface area contributed by atoms with Crippen molar-refractivity contribution in [2.45, 2.75) is 26.8 Å². The van der Waals surface area contributed by atoms with E-state index < -0.39 is 0 Å². The van der Waals surface area contributed by atoms with Crippen molar-refractivity contribution in [3.05, 3.63) is 57.0 Å². The molecule has 1 aromatic carbocycles. The van der Waals surface area contributed by atoms with Gasteiger partial charge in [-0.25, -0.2) is 0 Å². The average molecular weight is 271 g/mol. The Morgan fingerprint density at radius 1 is 1.11 bits per heavy atom. The molecule has 0 spiro atoms. The third-order valence-corrected chi connectivity index (χ3v) is 4.56. The van der Waals surface area contributed by atoms with Crippen LogP contribution in [-0.4, -0.2) is 0 Å². The van der Waals surface area contributed by atoms with Gasteiger partial charge in [-0.05, 0) is 44.5 Å². The zero-order chi connectivity index (χ0) is 13.6. The van der Waals surface area contributed by atoms with E-state index in [0.717, 1.165) is 27.2 Å². The van der Waals surface area contributed by atoms with E-state index in [4.69, 9.17) is 10.2 Å². The van der Waals surface area contributed by atoms with Gasteiger partial charge in [-0.2, -0.15) is 0 Å². The van der Waals surface area contributed by atoms with Gasteiger partial charge >= 0.3 is 0 Å². The molecule has 1 unspecified atom stereocenters. The molecule has 2 N–H and O–H groups in total. The zero-order valence-electron chi connectivity index (χ0n) is 11.4. The van der Waals surface area contributed by atoms with Crippen molar-refractivity contribution in [2.75, 3.05) is 0 Å². The highest BCUT2D eigenvalue weighted by Gasteiger charge is 2.19. The summed E-state index contributed by atoms with van der Waals surface area (Å²) in [6, 6.07) is 10.3. The second-order valence-corrected chi connectivity index (χ2v) is 6.34. The predicted octanol–water partition coefficient (Wildman–Crippen LogP) is 4.47. The summed E-state index contributed by atoms with van der Waals surface area (Å²) in [7, 11) is 0. The lowest BCUT2D eigenvalue weighted by Crippen LogP contribution is -2.10. The van der Waals surface area contributed by atoms with Gasteiger partial charge < -0.3 is 10.2 Å². The molecule has 0 amide bonds. The van der Waals surface area contributed by atoms with Gasteiger partial charge in [0.05, 0.1) is 6.04 Å². The number of thiophene rings is 1. The Bertz CT molecular complexity index is 738. The van der Waals surface area contributed by atoms with Crippen LogP contribution in [-0.2, 0) is 0 Å². The van der Waals surface area contributed by atoms with Crippen LogP contribution in [0, 0.1) is 20.8 Å². The molecule has 3 heteroatoms. The summed E-state index contributed by atoms with van der Waals surface area (Å²) >= 11 is 1.73.